The largest absolute Gasteiger partial charge is 0.375 e. The number of thiophene rings is 1. The van der Waals surface area contributed by atoms with Crippen LogP contribution in [0.2, 0.25) is 10.0 Å². The molecule has 1 fully saturated rings. The van der Waals surface area contributed by atoms with Gasteiger partial charge in [-0.05, 0) is 42.8 Å². The molecule has 1 aromatic heterocycles. The summed E-state index contributed by atoms with van der Waals surface area (Å²) in [5.41, 5.74) is 0.928. The van der Waals surface area contributed by atoms with Crippen LogP contribution in [-0.4, -0.2) is 36.6 Å². The van der Waals surface area contributed by atoms with Crippen molar-refractivity contribution in [2.75, 3.05) is 19.7 Å². The van der Waals surface area contributed by atoms with Gasteiger partial charge in [0.05, 0.1) is 17.6 Å². The lowest BCUT2D eigenvalue weighted by Crippen LogP contribution is -2.44. The topological polar surface area (TPSA) is 29.5 Å². The third kappa shape index (κ3) is 3.46. The van der Waals surface area contributed by atoms with Crippen LogP contribution in [0.1, 0.15) is 16.6 Å². The molecular formula is C16H15Cl2NO2S. The summed E-state index contributed by atoms with van der Waals surface area (Å²) in [6.07, 6.45) is 0.0869. The standard InChI is InChI=1S/C16H15Cl2NO2S/c1-10-9-19(4-5-21-10)16(20)15-3-2-14(22-15)11-6-12(17)8-13(18)7-11/h2-3,6-8,10H,4-5,9H2,1H3. The van der Waals surface area contributed by atoms with E-state index in [2.05, 4.69) is 0 Å². The molecule has 1 amide bonds. The van der Waals surface area contributed by atoms with Crippen LogP contribution >= 0.6 is 34.5 Å². The van der Waals surface area contributed by atoms with E-state index in [9.17, 15) is 4.79 Å². The van der Waals surface area contributed by atoms with E-state index >= 15 is 0 Å². The van der Waals surface area contributed by atoms with E-state index in [0.29, 0.717) is 29.7 Å². The van der Waals surface area contributed by atoms with E-state index < -0.39 is 0 Å². The lowest BCUT2D eigenvalue weighted by atomic mass is 10.2. The second-order valence-electron chi connectivity index (χ2n) is 5.25. The maximum atomic E-state index is 12.6. The minimum Gasteiger partial charge on any atom is -0.375 e. The molecule has 0 aliphatic carbocycles. The highest BCUT2D eigenvalue weighted by molar-refractivity contribution is 7.17. The van der Waals surface area contributed by atoms with Gasteiger partial charge in [0.2, 0.25) is 0 Å². The molecule has 116 valence electrons. The van der Waals surface area contributed by atoms with Crippen molar-refractivity contribution >= 4 is 40.4 Å². The average molecular weight is 356 g/mol. The molecule has 0 bridgehead atoms. The molecule has 1 aromatic carbocycles. The summed E-state index contributed by atoms with van der Waals surface area (Å²) in [6, 6.07) is 9.19. The summed E-state index contributed by atoms with van der Waals surface area (Å²) in [5, 5.41) is 1.18. The number of nitrogens with zero attached hydrogens (tertiary/aromatic N) is 1. The Hall–Kier alpha value is -1.07. The maximum Gasteiger partial charge on any atom is 0.264 e. The van der Waals surface area contributed by atoms with Crippen molar-refractivity contribution in [2.24, 2.45) is 0 Å². The number of carbonyl (C=O) groups is 1. The van der Waals surface area contributed by atoms with Crippen molar-refractivity contribution in [3.05, 3.63) is 45.3 Å². The fraction of sp³-hybridized carbons (Fsp3) is 0.312. The van der Waals surface area contributed by atoms with Gasteiger partial charge in [0, 0.05) is 28.0 Å². The molecule has 0 radical (unpaired) electrons. The molecule has 1 aliphatic heterocycles. The van der Waals surface area contributed by atoms with Gasteiger partial charge in [-0.25, -0.2) is 0 Å². The number of hydrogen-bond donors (Lipinski definition) is 0. The van der Waals surface area contributed by atoms with E-state index in [1.54, 1.807) is 6.07 Å². The number of halogens is 2. The Labute approximate surface area is 143 Å². The van der Waals surface area contributed by atoms with Crippen LogP contribution in [0.15, 0.2) is 30.3 Å². The van der Waals surface area contributed by atoms with Crippen LogP contribution in [0.4, 0.5) is 0 Å². The Kier molecular flexibility index (Phi) is 4.73. The molecule has 2 heterocycles. The smallest absolute Gasteiger partial charge is 0.264 e. The highest BCUT2D eigenvalue weighted by Crippen LogP contribution is 2.32. The lowest BCUT2D eigenvalue weighted by Gasteiger charge is -2.30. The van der Waals surface area contributed by atoms with Gasteiger partial charge in [0.1, 0.15) is 0 Å². The van der Waals surface area contributed by atoms with Gasteiger partial charge in [-0.15, -0.1) is 11.3 Å². The van der Waals surface area contributed by atoms with Crippen molar-refractivity contribution in [3.63, 3.8) is 0 Å². The van der Waals surface area contributed by atoms with Gasteiger partial charge in [-0.3, -0.25) is 4.79 Å². The molecular weight excluding hydrogens is 341 g/mol. The normalized spacial score (nSPS) is 18.5. The molecule has 22 heavy (non-hydrogen) atoms. The predicted octanol–water partition coefficient (Wildman–Crippen LogP) is 4.58. The summed E-state index contributed by atoms with van der Waals surface area (Å²) < 4.78 is 5.48. The van der Waals surface area contributed by atoms with Crippen molar-refractivity contribution in [1.82, 2.24) is 4.90 Å². The summed E-state index contributed by atoms with van der Waals surface area (Å²) in [7, 11) is 0. The average Bonchev–Trinajstić information content (AvgIpc) is 2.95. The second-order valence-corrected chi connectivity index (χ2v) is 7.21. The molecule has 0 spiro atoms. The monoisotopic (exact) mass is 355 g/mol. The van der Waals surface area contributed by atoms with Crippen LogP contribution in [0.3, 0.4) is 0 Å². The van der Waals surface area contributed by atoms with Crippen molar-refractivity contribution in [3.8, 4) is 10.4 Å². The van der Waals surface area contributed by atoms with Crippen LogP contribution in [-0.2, 0) is 4.74 Å². The first-order valence-electron chi connectivity index (χ1n) is 7.00. The lowest BCUT2D eigenvalue weighted by molar-refractivity contribution is -0.0122. The summed E-state index contributed by atoms with van der Waals surface area (Å²) in [5.74, 6) is 0.0551. The molecule has 6 heteroatoms. The summed E-state index contributed by atoms with van der Waals surface area (Å²) >= 11 is 13.5. The first-order chi connectivity index (χ1) is 10.5. The highest BCUT2D eigenvalue weighted by Gasteiger charge is 2.23. The number of rotatable bonds is 2. The quantitative estimate of drug-likeness (QED) is 0.788. The number of carbonyl (C=O) groups excluding carboxylic acids is 1. The van der Waals surface area contributed by atoms with Crippen LogP contribution < -0.4 is 0 Å². The first kappa shape index (κ1) is 15.8. The Balaban J connectivity index is 1.82. The third-order valence-electron chi connectivity index (χ3n) is 3.49. The number of benzene rings is 1. The van der Waals surface area contributed by atoms with Crippen LogP contribution in [0, 0.1) is 0 Å². The van der Waals surface area contributed by atoms with Gasteiger partial charge >= 0.3 is 0 Å². The Morgan fingerprint density at radius 1 is 1.27 bits per heavy atom. The van der Waals surface area contributed by atoms with Crippen molar-refractivity contribution in [1.29, 1.82) is 0 Å². The minimum absolute atomic E-state index is 0.0551. The molecule has 3 nitrogen and oxygen atoms in total. The molecule has 2 aromatic rings. The third-order valence-corrected chi connectivity index (χ3v) is 5.05. The number of hydrogen-bond acceptors (Lipinski definition) is 3. The van der Waals surface area contributed by atoms with Gasteiger partial charge in [-0.2, -0.15) is 0 Å². The second kappa shape index (κ2) is 6.59. The molecule has 0 saturated carbocycles. The first-order valence-corrected chi connectivity index (χ1v) is 8.57. The van der Waals surface area contributed by atoms with Gasteiger partial charge in [0.15, 0.2) is 0 Å². The maximum absolute atomic E-state index is 12.6. The summed E-state index contributed by atoms with van der Waals surface area (Å²) in [6.45, 7) is 3.84. The molecule has 1 saturated heterocycles. The molecule has 1 unspecified atom stereocenters. The molecule has 3 rings (SSSR count). The van der Waals surface area contributed by atoms with E-state index in [1.165, 1.54) is 11.3 Å². The SMILES string of the molecule is CC1CN(C(=O)c2ccc(-c3cc(Cl)cc(Cl)c3)s2)CCO1. The van der Waals surface area contributed by atoms with E-state index in [0.717, 1.165) is 15.3 Å². The fourth-order valence-corrected chi connectivity index (χ4v) is 3.95. The number of ether oxygens (including phenoxy) is 1. The zero-order valence-electron chi connectivity index (χ0n) is 12.0. The predicted molar refractivity (Wildman–Crippen MR) is 91.1 cm³/mol. The van der Waals surface area contributed by atoms with Gasteiger partial charge in [0.25, 0.3) is 5.91 Å². The van der Waals surface area contributed by atoms with Crippen molar-refractivity contribution < 1.29 is 9.53 Å². The van der Waals surface area contributed by atoms with E-state index in [1.807, 2.05) is 36.1 Å². The Morgan fingerprint density at radius 2 is 2.00 bits per heavy atom. The van der Waals surface area contributed by atoms with Crippen LogP contribution in [0.5, 0.6) is 0 Å². The fourth-order valence-electron chi connectivity index (χ4n) is 2.46. The number of amides is 1. The summed E-state index contributed by atoms with van der Waals surface area (Å²) in [4.78, 5) is 16.1. The van der Waals surface area contributed by atoms with Crippen LogP contribution in [0.25, 0.3) is 10.4 Å². The zero-order chi connectivity index (χ0) is 15.7. The molecule has 1 atom stereocenters. The van der Waals surface area contributed by atoms with Gasteiger partial charge in [-0.1, -0.05) is 23.2 Å². The van der Waals surface area contributed by atoms with Gasteiger partial charge < -0.3 is 9.64 Å². The van der Waals surface area contributed by atoms with Crippen molar-refractivity contribution in [2.45, 2.75) is 13.0 Å². The minimum atomic E-state index is 0.0551. The Morgan fingerprint density at radius 3 is 2.68 bits per heavy atom. The zero-order valence-corrected chi connectivity index (χ0v) is 14.3. The van der Waals surface area contributed by atoms with E-state index in [4.69, 9.17) is 27.9 Å². The molecule has 1 aliphatic rings. The number of morpholine rings is 1. The van der Waals surface area contributed by atoms with E-state index in [-0.39, 0.29) is 12.0 Å². The molecule has 0 N–H and O–H groups in total. The highest BCUT2D eigenvalue weighted by atomic mass is 35.5. The Bertz CT molecular complexity index is 681.